The van der Waals surface area contributed by atoms with Gasteiger partial charge in [0.2, 0.25) is 0 Å². The second kappa shape index (κ2) is 12.6. The van der Waals surface area contributed by atoms with Gasteiger partial charge in [0.25, 0.3) is 0 Å². The van der Waals surface area contributed by atoms with Crippen LogP contribution >= 0.6 is 0 Å². The van der Waals surface area contributed by atoms with Crippen molar-refractivity contribution in [3.63, 3.8) is 0 Å². The van der Waals surface area contributed by atoms with E-state index in [1.165, 1.54) is 38.2 Å². The number of furan rings is 1. The Morgan fingerprint density at radius 2 is 1.00 bits per heavy atom. The maximum absolute atomic E-state index is 6.32. The van der Waals surface area contributed by atoms with Crippen molar-refractivity contribution in [3.8, 4) is 27.9 Å². The van der Waals surface area contributed by atoms with Crippen LogP contribution in [-0.4, -0.2) is 4.57 Å². The first-order chi connectivity index (χ1) is 27.3. The summed E-state index contributed by atoms with van der Waals surface area (Å²) in [5.74, 6) is 0. The second-order valence-electron chi connectivity index (χ2n) is 14.2. The molecule has 0 aliphatic heterocycles. The Balaban J connectivity index is 1.22. The third-order valence-electron chi connectivity index (χ3n) is 11.0. The predicted octanol–water partition coefficient (Wildman–Crippen LogP) is 14.6. The van der Waals surface area contributed by atoms with Crippen LogP contribution in [0.25, 0.3) is 82.5 Å². The molecule has 0 bridgehead atoms. The zero-order valence-electron chi connectivity index (χ0n) is 29.9. The van der Waals surface area contributed by atoms with Gasteiger partial charge in [-0.05, 0) is 94.2 Å². The largest absolute Gasteiger partial charge is 0.456 e. The van der Waals surface area contributed by atoms with Crippen molar-refractivity contribution in [1.82, 2.24) is 4.57 Å². The molecule has 0 atom stereocenters. The minimum absolute atomic E-state index is 0.875. The summed E-state index contributed by atoms with van der Waals surface area (Å²) in [6.45, 7) is 0. The Labute approximate surface area is 318 Å². The highest BCUT2D eigenvalue weighted by Gasteiger charge is 2.23. The summed E-state index contributed by atoms with van der Waals surface area (Å²) in [4.78, 5) is 2.42. The fourth-order valence-electron chi connectivity index (χ4n) is 8.35. The van der Waals surface area contributed by atoms with Crippen molar-refractivity contribution in [2.24, 2.45) is 0 Å². The standard InChI is InChI=1S/C52H34N2O/c1-3-13-35(14-4-1)37-23-26-40(27-24-37)53(42-29-30-52-47(32-42)44-20-10-12-22-51(44)55-52)49-34-50-46(33-45(49)38-16-5-2-6-17-38)43-19-9-11-21-48(43)54(50)41-28-25-36-15-7-8-18-39(36)31-41/h1-34H. The van der Waals surface area contributed by atoms with Crippen LogP contribution in [0.15, 0.2) is 211 Å². The Kier molecular flexibility index (Phi) is 7.17. The average molecular weight is 703 g/mol. The summed E-state index contributed by atoms with van der Waals surface area (Å²) in [5, 5.41) is 7.07. The molecule has 11 aromatic rings. The molecular formula is C52H34N2O. The average Bonchev–Trinajstić information content (AvgIpc) is 3.79. The molecule has 2 heterocycles. The predicted molar refractivity (Wildman–Crippen MR) is 231 cm³/mol. The van der Waals surface area contributed by atoms with Crippen molar-refractivity contribution in [2.75, 3.05) is 4.90 Å². The monoisotopic (exact) mass is 702 g/mol. The first-order valence-corrected chi connectivity index (χ1v) is 18.8. The van der Waals surface area contributed by atoms with E-state index in [1.54, 1.807) is 0 Å². The highest BCUT2D eigenvalue weighted by atomic mass is 16.3. The van der Waals surface area contributed by atoms with E-state index in [1.807, 2.05) is 12.1 Å². The van der Waals surface area contributed by atoms with Gasteiger partial charge in [0, 0.05) is 44.2 Å². The molecule has 0 amide bonds. The van der Waals surface area contributed by atoms with Gasteiger partial charge in [-0.1, -0.05) is 140 Å². The molecule has 0 aliphatic carbocycles. The lowest BCUT2D eigenvalue weighted by Gasteiger charge is -2.28. The smallest absolute Gasteiger partial charge is 0.135 e. The summed E-state index contributed by atoms with van der Waals surface area (Å²) < 4.78 is 8.75. The zero-order valence-corrected chi connectivity index (χ0v) is 29.9. The Morgan fingerprint density at radius 1 is 0.364 bits per heavy atom. The molecule has 0 unspecified atom stereocenters. The molecule has 0 N–H and O–H groups in total. The van der Waals surface area contributed by atoms with Gasteiger partial charge < -0.3 is 13.9 Å². The molecule has 3 heteroatoms. The van der Waals surface area contributed by atoms with Gasteiger partial charge in [0.1, 0.15) is 11.2 Å². The molecule has 0 spiro atoms. The molecule has 0 radical (unpaired) electrons. The zero-order chi connectivity index (χ0) is 36.3. The molecule has 11 rings (SSSR count). The van der Waals surface area contributed by atoms with Crippen LogP contribution in [0.1, 0.15) is 0 Å². The molecule has 0 saturated heterocycles. The number of hydrogen-bond acceptors (Lipinski definition) is 2. The number of rotatable bonds is 6. The molecule has 0 saturated carbocycles. The van der Waals surface area contributed by atoms with Gasteiger partial charge in [-0.2, -0.15) is 0 Å². The number of aromatic nitrogens is 1. The third kappa shape index (κ3) is 5.20. The Hall–Kier alpha value is -7.36. The highest BCUT2D eigenvalue weighted by Crippen LogP contribution is 2.47. The Bertz CT molecular complexity index is 3190. The Morgan fingerprint density at radius 3 is 1.82 bits per heavy atom. The van der Waals surface area contributed by atoms with Crippen molar-refractivity contribution in [2.45, 2.75) is 0 Å². The molecule has 0 fully saturated rings. The quantitative estimate of drug-likeness (QED) is 0.172. The topological polar surface area (TPSA) is 21.3 Å². The van der Waals surface area contributed by atoms with Crippen LogP contribution in [0.2, 0.25) is 0 Å². The molecule has 258 valence electrons. The van der Waals surface area contributed by atoms with Crippen molar-refractivity contribution in [3.05, 3.63) is 206 Å². The molecule has 2 aromatic heterocycles. The molecular weight excluding hydrogens is 669 g/mol. The van der Waals surface area contributed by atoms with Crippen LogP contribution < -0.4 is 4.90 Å². The van der Waals surface area contributed by atoms with E-state index in [0.717, 1.165) is 61.3 Å². The maximum atomic E-state index is 6.32. The minimum atomic E-state index is 0.875. The lowest BCUT2D eigenvalue weighted by Crippen LogP contribution is -2.11. The lowest BCUT2D eigenvalue weighted by molar-refractivity contribution is 0.669. The van der Waals surface area contributed by atoms with E-state index in [-0.39, 0.29) is 0 Å². The lowest BCUT2D eigenvalue weighted by atomic mass is 9.98. The van der Waals surface area contributed by atoms with Crippen LogP contribution in [-0.2, 0) is 0 Å². The number of hydrogen-bond donors (Lipinski definition) is 0. The van der Waals surface area contributed by atoms with Gasteiger partial charge >= 0.3 is 0 Å². The van der Waals surface area contributed by atoms with E-state index in [2.05, 4.69) is 204 Å². The van der Waals surface area contributed by atoms with Gasteiger partial charge in [0.15, 0.2) is 0 Å². The SMILES string of the molecule is c1ccc(-c2ccc(N(c3ccc4oc5ccccc5c4c3)c3cc4c(cc3-c3ccccc3)c3ccccc3n4-c3ccc4ccccc4c3)cc2)cc1. The number of benzene rings is 9. The third-order valence-corrected chi connectivity index (χ3v) is 11.0. The fraction of sp³-hybridized carbons (Fsp3) is 0. The van der Waals surface area contributed by atoms with E-state index >= 15 is 0 Å². The molecule has 9 aromatic carbocycles. The van der Waals surface area contributed by atoms with Gasteiger partial charge in [-0.3, -0.25) is 0 Å². The van der Waals surface area contributed by atoms with Crippen molar-refractivity contribution >= 4 is 71.6 Å². The minimum Gasteiger partial charge on any atom is -0.456 e. The summed E-state index contributed by atoms with van der Waals surface area (Å²) in [7, 11) is 0. The number of nitrogens with zero attached hydrogens (tertiary/aromatic N) is 2. The molecule has 0 aliphatic rings. The van der Waals surface area contributed by atoms with Crippen LogP contribution in [0.5, 0.6) is 0 Å². The van der Waals surface area contributed by atoms with Crippen molar-refractivity contribution in [1.29, 1.82) is 0 Å². The molecule has 3 nitrogen and oxygen atoms in total. The summed E-state index contributed by atoms with van der Waals surface area (Å²) in [6.07, 6.45) is 0. The van der Waals surface area contributed by atoms with Crippen molar-refractivity contribution < 1.29 is 4.42 Å². The van der Waals surface area contributed by atoms with E-state index in [0.29, 0.717) is 0 Å². The van der Waals surface area contributed by atoms with Gasteiger partial charge in [0.05, 0.1) is 16.7 Å². The first-order valence-electron chi connectivity index (χ1n) is 18.8. The fourth-order valence-corrected chi connectivity index (χ4v) is 8.35. The van der Waals surface area contributed by atoms with E-state index in [9.17, 15) is 0 Å². The van der Waals surface area contributed by atoms with E-state index in [4.69, 9.17) is 4.42 Å². The normalized spacial score (nSPS) is 11.6. The molecule has 55 heavy (non-hydrogen) atoms. The summed E-state index contributed by atoms with van der Waals surface area (Å²) >= 11 is 0. The van der Waals surface area contributed by atoms with Gasteiger partial charge in [-0.25, -0.2) is 0 Å². The second-order valence-corrected chi connectivity index (χ2v) is 14.2. The number of para-hydroxylation sites is 2. The van der Waals surface area contributed by atoms with Crippen LogP contribution in [0, 0.1) is 0 Å². The first kappa shape index (κ1) is 31.2. The van der Waals surface area contributed by atoms with Crippen LogP contribution in [0.3, 0.4) is 0 Å². The number of fused-ring (bicyclic) bond motifs is 7. The van der Waals surface area contributed by atoms with E-state index < -0.39 is 0 Å². The van der Waals surface area contributed by atoms with Crippen LogP contribution in [0.4, 0.5) is 17.1 Å². The summed E-state index contributed by atoms with van der Waals surface area (Å²) in [5.41, 5.74) is 13.1. The highest BCUT2D eigenvalue weighted by molar-refractivity contribution is 6.13. The summed E-state index contributed by atoms with van der Waals surface area (Å²) in [6, 6.07) is 74.2. The maximum Gasteiger partial charge on any atom is 0.135 e. The van der Waals surface area contributed by atoms with Gasteiger partial charge in [-0.15, -0.1) is 0 Å². The number of anilines is 3.